The number of nitrogens with zero attached hydrogens (tertiary/aromatic N) is 1. The number of para-hydroxylation sites is 1. The van der Waals surface area contributed by atoms with E-state index in [1.165, 1.54) is 0 Å². The Balaban J connectivity index is 1.82. The van der Waals surface area contributed by atoms with Crippen LogP contribution >= 0.6 is 11.8 Å². The molecule has 0 radical (unpaired) electrons. The highest BCUT2D eigenvalue weighted by Crippen LogP contribution is 2.21. The first-order valence-corrected chi connectivity index (χ1v) is 7.46. The lowest BCUT2D eigenvalue weighted by Crippen LogP contribution is -2.30. The summed E-state index contributed by atoms with van der Waals surface area (Å²) in [4.78, 5) is 11.9. The second kappa shape index (κ2) is 7.17. The van der Waals surface area contributed by atoms with Gasteiger partial charge in [0.05, 0.1) is 17.0 Å². The van der Waals surface area contributed by atoms with Gasteiger partial charge >= 0.3 is 0 Å². The molecule has 100 valence electrons. The van der Waals surface area contributed by atoms with Gasteiger partial charge in [-0.25, -0.2) is 0 Å². The standard InChI is InChI=1S/C14H17N3OS/c15-9-11-3-1-2-4-13(11)17-14(18)10-19-12-5-7-16-8-6-12/h1-4,12,16H,5-8,10H2,(H,17,18). The molecular formula is C14H17N3OS. The van der Waals surface area contributed by atoms with Crippen molar-refractivity contribution in [1.29, 1.82) is 5.26 Å². The van der Waals surface area contributed by atoms with Gasteiger partial charge in [-0.15, -0.1) is 11.8 Å². The molecule has 1 aliphatic heterocycles. The molecule has 2 rings (SSSR count). The Kier molecular flexibility index (Phi) is 5.25. The van der Waals surface area contributed by atoms with Crippen LogP contribution in [0, 0.1) is 11.3 Å². The third kappa shape index (κ3) is 4.27. The van der Waals surface area contributed by atoms with E-state index >= 15 is 0 Å². The zero-order valence-electron chi connectivity index (χ0n) is 10.7. The zero-order valence-corrected chi connectivity index (χ0v) is 11.5. The third-order valence-corrected chi connectivity index (χ3v) is 4.43. The molecule has 1 fully saturated rings. The molecule has 0 atom stereocenters. The predicted molar refractivity (Wildman–Crippen MR) is 78.1 cm³/mol. The molecule has 2 N–H and O–H groups in total. The molecule has 0 bridgehead atoms. The lowest BCUT2D eigenvalue weighted by molar-refractivity contribution is -0.113. The highest BCUT2D eigenvalue weighted by atomic mass is 32.2. The third-order valence-electron chi connectivity index (χ3n) is 3.06. The van der Waals surface area contributed by atoms with Crippen LogP contribution in [0.5, 0.6) is 0 Å². The topological polar surface area (TPSA) is 64.9 Å². The maximum absolute atomic E-state index is 11.9. The minimum absolute atomic E-state index is 0.0359. The van der Waals surface area contributed by atoms with Crippen LogP contribution in [0.25, 0.3) is 0 Å². The van der Waals surface area contributed by atoms with Crippen LogP contribution < -0.4 is 10.6 Å². The Morgan fingerprint density at radius 1 is 1.42 bits per heavy atom. The number of carbonyl (C=O) groups is 1. The van der Waals surface area contributed by atoms with Gasteiger partial charge in [-0.05, 0) is 38.1 Å². The summed E-state index contributed by atoms with van der Waals surface area (Å²) in [5.74, 6) is 0.413. The number of hydrogen-bond donors (Lipinski definition) is 2. The van der Waals surface area contributed by atoms with Crippen molar-refractivity contribution in [2.75, 3.05) is 24.2 Å². The van der Waals surface area contributed by atoms with Crippen LogP contribution in [0.4, 0.5) is 5.69 Å². The molecule has 0 aromatic heterocycles. The fourth-order valence-corrected chi connectivity index (χ4v) is 3.06. The summed E-state index contributed by atoms with van der Waals surface area (Å²) >= 11 is 1.70. The smallest absolute Gasteiger partial charge is 0.234 e. The van der Waals surface area contributed by atoms with Crippen molar-refractivity contribution in [3.63, 3.8) is 0 Å². The summed E-state index contributed by atoms with van der Waals surface area (Å²) in [7, 11) is 0. The number of nitrogens with one attached hydrogen (secondary N) is 2. The Labute approximate surface area is 117 Å². The summed E-state index contributed by atoms with van der Waals surface area (Å²) in [6, 6.07) is 9.14. The van der Waals surface area contributed by atoms with Crippen molar-refractivity contribution in [2.24, 2.45) is 0 Å². The van der Waals surface area contributed by atoms with E-state index in [2.05, 4.69) is 16.7 Å². The Bertz CT molecular complexity index is 478. The highest BCUT2D eigenvalue weighted by molar-refractivity contribution is 8.00. The second-order valence-corrected chi connectivity index (χ2v) is 5.75. The van der Waals surface area contributed by atoms with E-state index in [0.29, 0.717) is 22.3 Å². The van der Waals surface area contributed by atoms with Gasteiger partial charge in [0.15, 0.2) is 0 Å². The van der Waals surface area contributed by atoms with Gasteiger partial charge in [0.25, 0.3) is 0 Å². The summed E-state index contributed by atoms with van der Waals surface area (Å²) in [6.45, 7) is 2.08. The summed E-state index contributed by atoms with van der Waals surface area (Å²) in [5.41, 5.74) is 1.10. The molecule has 4 nitrogen and oxygen atoms in total. The van der Waals surface area contributed by atoms with Crippen LogP contribution in [0.1, 0.15) is 18.4 Å². The quantitative estimate of drug-likeness (QED) is 0.882. The molecule has 1 aliphatic rings. The molecule has 0 spiro atoms. The molecule has 1 heterocycles. The molecule has 1 aromatic carbocycles. The van der Waals surface area contributed by atoms with Gasteiger partial charge in [-0.2, -0.15) is 5.26 Å². The van der Waals surface area contributed by atoms with E-state index in [0.717, 1.165) is 25.9 Å². The maximum atomic E-state index is 11.9. The van der Waals surface area contributed by atoms with E-state index in [4.69, 9.17) is 5.26 Å². The summed E-state index contributed by atoms with van der Waals surface area (Å²) < 4.78 is 0. The van der Waals surface area contributed by atoms with Crippen LogP contribution in [0.15, 0.2) is 24.3 Å². The van der Waals surface area contributed by atoms with Gasteiger partial charge in [-0.3, -0.25) is 4.79 Å². The average molecular weight is 275 g/mol. The van der Waals surface area contributed by atoms with Gasteiger partial charge in [-0.1, -0.05) is 12.1 Å². The molecule has 5 heteroatoms. The van der Waals surface area contributed by atoms with E-state index in [9.17, 15) is 4.79 Å². The first-order valence-electron chi connectivity index (χ1n) is 6.41. The van der Waals surface area contributed by atoms with Crippen molar-refractivity contribution < 1.29 is 4.79 Å². The van der Waals surface area contributed by atoms with Crippen molar-refractivity contribution in [2.45, 2.75) is 18.1 Å². The molecule has 0 saturated carbocycles. The number of piperidine rings is 1. The van der Waals surface area contributed by atoms with Crippen LogP contribution in [-0.2, 0) is 4.79 Å². The number of rotatable bonds is 4. The van der Waals surface area contributed by atoms with E-state index in [-0.39, 0.29) is 5.91 Å². The highest BCUT2D eigenvalue weighted by Gasteiger charge is 2.15. The summed E-state index contributed by atoms with van der Waals surface area (Å²) in [5, 5.41) is 15.6. The molecule has 1 amide bonds. The van der Waals surface area contributed by atoms with Gasteiger partial charge < -0.3 is 10.6 Å². The number of benzene rings is 1. The Morgan fingerprint density at radius 2 is 2.16 bits per heavy atom. The number of anilines is 1. The SMILES string of the molecule is N#Cc1ccccc1NC(=O)CSC1CCNCC1. The molecule has 1 aromatic rings. The molecule has 1 saturated heterocycles. The fraction of sp³-hybridized carbons (Fsp3) is 0.429. The van der Waals surface area contributed by atoms with Gasteiger partial charge in [0.1, 0.15) is 6.07 Å². The number of amides is 1. The van der Waals surface area contributed by atoms with Crippen molar-refractivity contribution in [3.8, 4) is 6.07 Å². The van der Waals surface area contributed by atoms with Crippen LogP contribution in [-0.4, -0.2) is 30.0 Å². The Hall–Kier alpha value is -1.51. The monoisotopic (exact) mass is 275 g/mol. The van der Waals surface area contributed by atoms with Crippen molar-refractivity contribution >= 4 is 23.4 Å². The number of carbonyl (C=O) groups excluding carboxylic acids is 1. The number of hydrogen-bond acceptors (Lipinski definition) is 4. The minimum atomic E-state index is -0.0359. The lowest BCUT2D eigenvalue weighted by atomic mass is 10.2. The zero-order chi connectivity index (χ0) is 13.5. The van der Waals surface area contributed by atoms with E-state index < -0.39 is 0 Å². The largest absolute Gasteiger partial charge is 0.324 e. The van der Waals surface area contributed by atoms with Crippen molar-refractivity contribution in [3.05, 3.63) is 29.8 Å². The minimum Gasteiger partial charge on any atom is -0.324 e. The van der Waals surface area contributed by atoms with E-state index in [1.807, 2.05) is 6.07 Å². The second-order valence-electron chi connectivity index (χ2n) is 4.47. The Morgan fingerprint density at radius 3 is 2.89 bits per heavy atom. The van der Waals surface area contributed by atoms with Crippen molar-refractivity contribution in [1.82, 2.24) is 5.32 Å². The first-order chi connectivity index (χ1) is 9.29. The van der Waals surface area contributed by atoms with E-state index in [1.54, 1.807) is 30.0 Å². The van der Waals surface area contributed by atoms with Gasteiger partial charge in [0, 0.05) is 5.25 Å². The number of thioether (sulfide) groups is 1. The maximum Gasteiger partial charge on any atom is 0.234 e. The van der Waals surface area contributed by atoms with Crippen LogP contribution in [0.3, 0.4) is 0 Å². The molecule has 0 unspecified atom stereocenters. The normalized spacial score (nSPS) is 15.7. The average Bonchev–Trinajstić information content (AvgIpc) is 2.47. The summed E-state index contributed by atoms with van der Waals surface area (Å²) in [6.07, 6.45) is 2.24. The van der Waals surface area contributed by atoms with Gasteiger partial charge in [0.2, 0.25) is 5.91 Å². The molecule has 19 heavy (non-hydrogen) atoms. The fourth-order valence-electron chi connectivity index (χ4n) is 2.03. The molecular weight excluding hydrogens is 258 g/mol. The number of nitriles is 1. The predicted octanol–water partition coefficient (Wildman–Crippen LogP) is 1.98. The first kappa shape index (κ1) is 13.9. The van der Waals surface area contributed by atoms with Crippen LogP contribution in [0.2, 0.25) is 0 Å². The molecule has 0 aliphatic carbocycles. The lowest BCUT2D eigenvalue weighted by Gasteiger charge is -2.21.